The van der Waals surface area contributed by atoms with Crippen molar-refractivity contribution >= 4 is 0 Å². The minimum atomic E-state index is 0.116. The number of nitrogens with two attached hydrogens (primary N) is 1. The van der Waals surface area contributed by atoms with Crippen LogP contribution in [-0.2, 0) is 13.5 Å². The van der Waals surface area contributed by atoms with E-state index in [1.807, 2.05) is 0 Å². The summed E-state index contributed by atoms with van der Waals surface area (Å²) in [7, 11) is 1.76. The van der Waals surface area contributed by atoms with Gasteiger partial charge in [-0.2, -0.15) is 4.80 Å². The summed E-state index contributed by atoms with van der Waals surface area (Å²) in [4.78, 5) is 3.83. The first-order chi connectivity index (χ1) is 7.65. The molecule has 1 heterocycles. The van der Waals surface area contributed by atoms with Crippen LogP contribution in [0.3, 0.4) is 0 Å². The van der Waals surface area contributed by atoms with Crippen molar-refractivity contribution in [3.05, 3.63) is 5.82 Å². The van der Waals surface area contributed by atoms with Gasteiger partial charge >= 0.3 is 0 Å². The van der Waals surface area contributed by atoms with Crippen LogP contribution >= 0.6 is 0 Å². The number of aromatic nitrogens is 4. The molecule has 0 aliphatic carbocycles. The van der Waals surface area contributed by atoms with Gasteiger partial charge in [-0.05, 0) is 31.3 Å². The molecule has 0 aliphatic rings. The Labute approximate surface area is 96.8 Å². The van der Waals surface area contributed by atoms with Crippen LogP contribution in [0, 0.1) is 0 Å². The summed E-state index contributed by atoms with van der Waals surface area (Å²) in [5, 5.41) is 11.8. The van der Waals surface area contributed by atoms with Gasteiger partial charge in [0.15, 0.2) is 5.82 Å². The van der Waals surface area contributed by atoms with Crippen molar-refractivity contribution in [3.63, 3.8) is 0 Å². The number of hydrogen-bond acceptors (Lipinski definition) is 5. The van der Waals surface area contributed by atoms with Crippen LogP contribution in [0.2, 0.25) is 0 Å². The Morgan fingerprint density at radius 2 is 2.06 bits per heavy atom. The molecule has 6 heteroatoms. The second-order valence-corrected chi connectivity index (χ2v) is 3.97. The first kappa shape index (κ1) is 13.1. The minimum absolute atomic E-state index is 0.116. The van der Waals surface area contributed by atoms with Gasteiger partial charge in [-0.3, -0.25) is 0 Å². The van der Waals surface area contributed by atoms with Crippen LogP contribution in [0.1, 0.15) is 26.1 Å². The predicted octanol–water partition coefficient (Wildman–Crippen LogP) is -0.188. The molecule has 2 N–H and O–H groups in total. The average molecular weight is 226 g/mol. The predicted molar refractivity (Wildman–Crippen MR) is 62.9 cm³/mol. The molecule has 92 valence electrons. The molecule has 0 amide bonds. The van der Waals surface area contributed by atoms with E-state index < -0.39 is 0 Å². The van der Waals surface area contributed by atoms with Gasteiger partial charge in [-0.1, -0.05) is 13.8 Å². The molecule has 0 bridgehead atoms. The highest BCUT2D eigenvalue weighted by Gasteiger charge is 2.09. The van der Waals surface area contributed by atoms with Crippen LogP contribution in [-0.4, -0.2) is 50.8 Å². The van der Waals surface area contributed by atoms with E-state index in [1.54, 1.807) is 7.05 Å². The number of nitrogens with zero attached hydrogens (tertiary/aromatic N) is 5. The summed E-state index contributed by atoms with van der Waals surface area (Å²) in [6.45, 7) is 7.52. The van der Waals surface area contributed by atoms with E-state index in [0.717, 1.165) is 31.9 Å². The molecular weight excluding hydrogens is 204 g/mol. The first-order valence-electron chi connectivity index (χ1n) is 5.86. The van der Waals surface area contributed by atoms with E-state index in [9.17, 15) is 0 Å². The maximum absolute atomic E-state index is 6.03. The Morgan fingerprint density at radius 3 is 2.56 bits per heavy atom. The molecule has 1 atom stereocenters. The zero-order valence-corrected chi connectivity index (χ0v) is 10.4. The lowest BCUT2D eigenvalue weighted by Crippen LogP contribution is -2.31. The average Bonchev–Trinajstić information content (AvgIpc) is 2.65. The van der Waals surface area contributed by atoms with Gasteiger partial charge in [0, 0.05) is 12.5 Å². The van der Waals surface area contributed by atoms with E-state index >= 15 is 0 Å². The first-order valence-corrected chi connectivity index (χ1v) is 5.86. The van der Waals surface area contributed by atoms with Gasteiger partial charge in [0.25, 0.3) is 0 Å². The zero-order chi connectivity index (χ0) is 12.0. The topological polar surface area (TPSA) is 72.9 Å². The van der Waals surface area contributed by atoms with Crippen LogP contribution in [0.4, 0.5) is 0 Å². The highest BCUT2D eigenvalue weighted by molar-refractivity contribution is 4.83. The molecule has 0 fully saturated rings. The standard InChI is InChI=1S/C10H22N6/c1-4-16(5-2)7-6-9(11)8-10-12-14-15(3)13-10/h9H,4-8,11H2,1-3H3. The van der Waals surface area contributed by atoms with Crippen molar-refractivity contribution in [2.24, 2.45) is 12.8 Å². The fourth-order valence-electron chi connectivity index (χ4n) is 1.63. The molecule has 0 saturated carbocycles. The molecular formula is C10H22N6. The molecule has 0 aromatic carbocycles. The third kappa shape index (κ3) is 4.24. The number of tetrazole rings is 1. The van der Waals surface area contributed by atoms with Crippen molar-refractivity contribution in [2.75, 3.05) is 19.6 Å². The lowest BCUT2D eigenvalue weighted by Gasteiger charge is -2.19. The van der Waals surface area contributed by atoms with Crippen molar-refractivity contribution in [1.82, 2.24) is 25.1 Å². The number of rotatable bonds is 7. The van der Waals surface area contributed by atoms with Crippen LogP contribution in [0.5, 0.6) is 0 Å². The van der Waals surface area contributed by atoms with Crippen LogP contribution in [0.25, 0.3) is 0 Å². The van der Waals surface area contributed by atoms with Gasteiger partial charge in [-0.25, -0.2) is 0 Å². The van der Waals surface area contributed by atoms with Gasteiger partial charge in [0.1, 0.15) is 0 Å². The van der Waals surface area contributed by atoms with Crippen LogP contribution < -0.4 is 5.73 Å². The molecule has 0 aliphatic heterocycles. The normalized spacial score (nSPS) is 13.3. The third-order valence-corrected chi connectivity index (χ3v) is 2.71. The molecule has 1 aromatic heterocycles. The van der Waals surface area contributed by atoms with Crippen LogP contribution in [0.15, 0.2) is 0 Å². The van der Waals surface area contributed by atoms with E-state index in [-0.39, 0.29) is 6.04 Å². The largest absolute Gasteiger partial charge is 0.327 e. The molecule has 0 saturated heterocycles. The lowest BCUT2D eigenvalue weighted by molar-refractivity contribution is 0.289. The summed E-state index contributed by atoms with van der Waals surface area (Å²) >= 11 is 0. The van der Waals surface area contributed by atoms with Crippen molar-refractivity contribution < 1.29 is 0 Å². The second-order valence-electron chi connectivity index (χ2n) is 3.97. The molecule has 0 radical (unpaired) electrons. The molecule has 1 unspecified atom stereocenters. The van der Waals surface area contributed by atoms with Gasteiger partial charge in [0.05, 0.1) is 7.05 Å². The molecule has 1 aromatic rings. The van der Waals surface area contributed by atoms with Gasteiger partial charge in [-0.15, -0.1) is 10.2 Å². The second kappa shape index (κ2) is 6.55. The summed E-state index contributed by atoms with van der Waals surface area (Å²) in [6.07, 6.45) is 1.68. The quantitative estimate of drug-likeness (QED) is 0.698. The van der Waals surface area contributed by atoms with Crippen molar-refractivity contribution in [1.29, 1.82) is 0 Å². The summed E-state index contributed by atoms with van der Waals surface area (Å²) in [5.74, 6) is 0.731. The highest BCUT2D eigenvalue weighted by Crippen LogP contribution is 1.99. The number of hydrogen-bond donors (Lipinski definition) is 1. The van der Waals surface area contributed by atoms with Crippen molar-refractivity contribution in [2.45, 2.75) is 32.7 Å². The molecule has 6 nitrogen and oxygen atoms in total. The summed E-state index contributed by atoms with van der Waals surface area (Å²) in [6, 6.07) is 0.116. The maximum Gasteiger partial charge on any atom is 0.176 e. The minimum Gasteiger partial charge on any atom is -0.327 e. The fraction of sp³-hybridized carbons (Fsp3) is 0.900. The lowest BCUT2D eigenvalue weighted by atomic mass is 10.1. The maximum atomic E-state index is 6.03. The Bertz CT molecular complexity index is 293. The van der Waals surface area contributed by atoms with E-state index in [2.05, 4.69) is 34.2 Å². The zero-order valence-electron chi connectivity index (χ0n) is 10.4. The summed E-state index contributed by atoms with van der Waals surface area (Å²) in [5.41, 5.74) is 6.03. The Balaban J connectivity index is 2.27. The summed E-state index contributed by atoms with van der Waals surface area (Å²) < 4.78 is 0. The van der Waals surface area contributed by atoms with Crippen molar-refractivity contribution in [3.8, 4) is 0 Å². The van der Waals surface area contributed by atoms with Gasteiger partial charge in [0.2, 0.25) is 0 Å². The van der Waals surface area contributed by atoms with E-state index in [0.29, 0.717) is 6.42 Å². The highest BCUT2D eigenvalue weighted by atomic mass is 15.6. The molecule has 16 heavy (non-hydrogen) atoms. The number of aryl methyl sites for hydroxylation is 1. The van der Waals surface area contributed by atoms with E-state index in [4.69, 9.17) is 5.73 Å². The SMILES string of the molecule is CCN(CC)CCC(N)Cc1nnn(C)n1. The molecule has 1 rings (SSSR count). The Morgan fingerprint density at radius 1 is 1.38 bits per heavy atom. The Hall–Kier alpha value is -1.01. The third-order valence-electron chi connectivity index (χ3n) is 2.71. The fourth-order valence-corrected chi connectivity index (χ4v) is 1.63. The Kier molecular flexibility index (Phi) is 5.34. The smallest absolute Gasteiger partial charge is 0.176 e. The van der Waals surface area contributed by atoms with E-state index in [1.165, 1.54) is 4.80 Å². The van der Waals surface area contributed by atoms with Gasteiger partial charge < -0.3 is 10.6 Å². The monoisotopic (exact) mass is 226 g/mol. The molecule has 0 spiro atoms.